The van der Waals surface area contributed by atoms with E-state index in [2.05, 4.69) is 41.5 Å². The highest BCUT2D eigenvalue weighted by Gasteiger charge is 2.38. The minimum absolute atomic E-state index is 0.114. The van der Waals surface area contributed by atoms with E-state index >= 15 is 0 Å². The summed E-state index contributed by atoms with van der Waals surface area (Å²) in [6.45, 7) is 3.06. The third-order valence-corrected chi connectivity index (χ3v) is 4.11. The Morgan fingerprint density at radius 3 is 3.00 bits per heavy atom. The minimum Gasteiger partial charge on any atom is -0.373 e. The van der Waals surface area contributed by atoms with Gasteiger partial charge in [-0.2, -0.15) is 0 Å². The fraction of sp³-hybridized carbons (Fsp3) is 0.438. The Morgan fingerprint density at radius 2 is 2.26 bits per heavy atom. The molecule has 0 aliphatic carbocycles. The molecule has 1 saturated heterocycles. The SMILES string of the molecule is CNC(c1ccc2cccnc2c1)C1(C)CCCO1. The van der Waals surface area contributed by atoms with Crippen LogP contribution < -0.4 is 5.32 Å². The number of ether oxygens (including phenoxy) is 1. The van der Waals surface area contributed by atoms with Gasteiger partial charge in [-0.3, -0.25) is 4.98 Å². The van der Waals surface area contributed by atoms with Crippen LogP contribution in [0.1, 0.15) is 31.4 Å². The first-order valence-electron chi connectivity index (χ1n) is 6.89. The van der Waals surface area contributed by atoms with Crippen molar-refractivity contribution in [1.82, 2.24) is 10.3 Å². The van der Waals surface area contributed by atoms with Gasteiger partial charge >= 0.3 is 0 Å². The maximum Gasteiger partial charge on any atom is 0.0849 e. The van der Waals surface area contributed by atoms with Crippen LogP contribution in [0.2, 0.25) is 0 Å². The summed E-state index contributed by atoms with van der Waals surface area (Å²) in [5.41, 5.74) is 2.18. The highest BCUT2D eigenvalue weighted by molar-refractivity contribution is 5.79. The molecule has 0 saturated carbocycles. The minimum atomic E-state index is -0.114. The van der Waals surface area contributed by atoms with Crippen LogP contribution in [0.25, 0.3) is 10.9 Å². The fourth-order valence-corrected chi connectivity index (χ4v) is 3.12. The molecule has 100 valence electrons. The lowest BCUT2D eigenvalue weighted by atomic mass is 9.87. The van der Waals surface area contributed by atoms with Gasteiger partial charge in [0.25, 0.3) is 0 Å². The summed E-state index contributed by atoms with van der Waals surface area (Å²) >= 11 is 0. The number of nitrogens with zero attached hydrogens (tertiary/aromatic N) is 1. The van der Waals surface area contributed by atoms with Gasteiger partial charge < -0.3 is 10.1 Å². The van der Waals surface area contributed by atoms with E-state index < -0.39 is 0 Å². The summed E-state index contributed by atoms with van der Waals surface area (Å²) in [6, 6.07) is 10.8. The molecule has 1 aliphatic rings. The van der Waals surface area contributed by atoms with Gasteiger partial charge in [-0.25, -0.2) is 0 Å². The van der Waals surface area contributed by atoms with E-state index in [9.17, 15) is 0 Å². The molecule has 3 rings (SSSR count). The number of likely N-dealkylation sites (N-methyl/N-ethyl adjacent to an activating group) is 1. The molecule has 1 aromatic heterocycles. The van der Waals surface area contributed by atoms with Gasteiger partial charge in [0.2, 0.25) is 0 Å². The van der Waals surface area contributed by atoms with Gasteiger partial charge in [-0.15, -0.1) is 0 Å². The van der Waals surface area contributed by atoms with Crippen molar-refractivity contribution in [2.24, 2.45) is 0 Å². The number of pyridine rings is 1. The lowest BCUT2D eigenvalue weighted by Gasteiger charge is -2.33. The monoisotopic (exact) mass is 256 g/mol. The molecule has 0 spiro atoms. The zero-order chi connectivity index (χ0) is 13.3. The van der Waals surface area contributed by atoms with E-state index in [0.29, 0.717) is 0 Å². The molecular weight excluding hydrogens is 236 g/mol. The summed E-state index contributed by atoms with van der Waals surface area (Å²) in [6.07, 6.45) is 4.08. The summed E-state index contributed by atoms with van der Waals surface area (Å²) in [5, 5.41) is 4.59. The number of fused-ring (bicyclic) bond motifs is 1. The summed E-state index contributed by atoms with van der Waals surface area (Å²) in [4.78, 5) is 4.44. The van der Waals surface area contributed by atoms with Crippen LogP contribution in [0.5, 0.6) is 0 Å². The molecule has 2 aromatic rings. The van der Waals surface area contributed by atoms with E-state index in [-0.39, 0.29) is 11.6 Å². The largest absolute Gasteiger partial charge is 0.373 e. The van der Waals surface area contributed by atoms with Crippen molar-refractivity contribution in [3.8, 4) is 0 Å². The number of benzene rings is 1. The Bertz CT molecular complexity index is 576. The molecule has 1 aromatic carbocycles. The lowest BCUT2D eigenvalue weighted by molar-refractivity contribution is -0.0104. The molecule has 3 nitrogen and oxygen atoms in total. The molecule has 2 heterocycles. The van der Waals surface area contributed by atoms with E-state index in [1.54, 1.807) is 0 Å². The van der Waals surface area contributed by atoms with Crippen LogP contribution >= 0.6 is 0 Å². The fourth-order valence-electron chi connectivity index (χ4n) is 3.12. The van der Waals surface area contributed by atoms with Crippen molar-refractivity contribution in [2.75, 3.05) is 13.7 Å². The van der Waals surface area contributed by atoms with Gasteiger partial charge in [0.05, 0.1) is 17.2 Å². The molecule has 0 radical (unpaired) electrons. The molecule has 1 fully saturated rings. The Balaban J connectivity index is 2.01. The second-order valence-corrected chi connectivity index (χ2v) is 5.44. The Morgan fingerprint density at radius 1 is 1.37 bits per heavy atom. The maximum atomic E-state index is 5.98. The van der Waals surface area contributed by atoms with Crippen LogP contribution in [0, 0.1) is 0 Å². The molecule has 2 atom stereocenters. The third kappa shape index (κ3) is 2.24. The highest BCUT2D eigenvalue weighted by Crippen LogP contribution is 2.37. The lowest BCUT2D eigenvalue weighted by Crippen LogP contribution is -2.39. The molecular formula is C16H20N2O. The molecule has 1 N–H and O–H groups in total. The molecule has 0 bridgehead atoms. The molecule has 0 amide bonds. The van der Waals surface area contributed by atoms with Gasteiger partial charge in [0, 0.05) is 18.2 Å². The first-order chi connectivity index (χ1) is 9.23. The smallest absolute Gasteiger partial charge is 0.0849 e. The van der Waals surface area contributed by atoms with Crippen molar-refractivity contribution in [3.05, 3.63) is 42.1 Å². The summed E-state index contributed by atoms with van der Waals surface area (Å²) in [7, 11) is 2.00. The van der Waals surface area contributed by atoms with Crippen LogP contribution in [-0.4, -0.2) is 24.2 Å². The number of aromatic nitrogens is 1. The van der Waals surface area contributed by atoms with Crippen LogP contribution in [-0.2, 0) is 4.74 Å². The number of hydrogen-bond donors (Lipinski definition) is 1. The van der Waals surface area contributed by atoms with E-state index in [1.807, 2.05) is 19.3 Å². The Kier molecular flexibility index (Phi) is 3.25. The number of rotatable bonds is 3. The van der Waals surface area contributed by atoms with Crippen molar-refractivity contribution >= 4 is 10.9 Å². The predicted molar refractivity (Wildman–Crippen MR) is 77.1 cm³/mol. The van der Waals surface area contributed by atoms with Crippen LogP contribution in [0.15, 0.2) is 36.5 Å². The van der Waals surface area contributed by atoms with Crippen LogP contribution in [0.4, 0.5) is 0 Å². The third-order valence-electron chi connectivity index (χ3n) is 4.11. The predicted octanol–water partition coefficient (Wildman–Crippen LogP) is 3.06. The van der Waals surface area contributed by atoms with Gasteiger partial charge in [0.1, 0.15) is 0 Å². The van der Waals surface area contributed by atoms with Crippen molar-refractivity contribution in [1.29, 1.82) is 0 Å². The molecule has 2 unspecified atom stereocenters. The number of nitrogens with one attached hydrogen (secondary N) is 1. The standard InChI is InChI=1S/C16H20N2O/c1-16(8-4-10-19-16)15(17-2)13-7-6-12-5-3-9-18-14(12)11-13/h3,5-7,9,11,15,17H,4,8,10H2,1-2H3. The van der Waals surface area contributed by atoms with Crippen LogP contribution in [0.3, 0.4) is 0 Å². The Labute approximate surface area is 114 Å². The average molecular weight is 256 g/mol. The zero-order valence-corrected chi connectivity index (χ0v) is 11.5. The van der Waals surface area contributed by atoms with Crippen molar-refractivity contribution in [2.45, 2.75) is 31.4 Å². The molecule has 19 heavy (non-hydrogen) atoms. The van der Waals surface area contributed by atoms with Crippen molar-refractivity contribution < 1.29 is 4.74 Å². The van der Waals surface area contributed by atoms with Gasteiger partial charge in [-0.05, 0) is 44.5 Å². The summed E-state index contributed by atoms with van der Waals surface area (Å²) in [5.74, 6) is 0. The maximum absolute atomic E-state index is 5.98. The van der Waals surface area contributed by atoms with E-state index in [1.165, 1.54) is 10.9 Å². The van der Waals surface area contributed by atoms with E-state index in [0.717, 1.165) is 25.0 Å². The normalized spacial score (nSPS) is 24.7. The van der Waals surface area contributed by atoms with Gasteiger partial charge in [-0.1, -0.05) is 18.2 Å². The first kappa shape index (κ1) is 12.6. The quantitative estimate of drug-likeness (QED) is 0.916. The van der Waals surface area contributed by atoms with E-state index in [4.69, 9.17) is 4.74 Å². The zero-order valence-electron chi connectivity index (χ0n) is 11.5. The Hall–Kier alpha value is -1.45. The van der Waals surface area contributed by atoms with Crippen molar-refractivity contribution in [3.63, 3.8) is 0 Å². The molecule has 3 heteroatoms. The number of hydrogen-bond acceptors (Lipinski definition) is 3. The van der Waals surface area contributed by atoms with Gasteiger partial charge in [0.15, 0.2) is 0 Å². The first-order valence-corrected chi connectivity index (χ1v) is 6.89. The average Bonchev–Trinajstić information content (AvgIpc) is 2.87. The topological polar surface area (TPSA) is 34.2 Å². The highest BCUT2D eigenvalue weighted by atomic mass is 16.5. The summed E-state index contributed by atoms with van der Waals surface area (Å²) < 4.78 is 5.98. The molecule has 1 aliphatic heterocycles. The second kappa shape index (κ2) is 4.91. The second-order valence-electron chi connectivity index (χ2n) is 5.44.